The third kappa shape index (κ3) is 2.46. The fourth-order valence-electron chi connectivity index (χ4n) is 2.13. The van der Waals surface area contributed by atoms with Crippen LogP contribution in [0.4, 0.5) is 0 Å². The summed E-state index contributed by atoms with van der Waals surface area (Å²) in [5, 5.41) is 19.6. The molecular weight excluding hydrogens is 304 g/mol. The summed E-state index contributed by atoms with van der Waals surface area (Å²) >= 11 is 1.52. The van der Waals surface area contributed by atoms with Crippen LogP contribution in [0.25, 0.3) is 22.0 Å². The Hall–Kier alpha value is -2.67. The summed E-state index contributed by atoms with van der Waals surface area (Å²) in [5.74, 6) is -1.20. The molecule has 0 spiro atoms. The standard InChI is InChI=1S/C15H12N2O4S/c1-7-13(22-8(2)16-7)11-6-21-14(17-11)9-3-4-10(15(19)20)12(18)5-9/h3-6,18H,1-2H3,(H,19,20). The molecule has 2 N–H and O–H groups in total. The molecule has 2 heterocycles. The van der Waals surface area contributed by atoms with E-state index in [4.69, 9.17) is 9.52 Å². The zero-order chi connectivity index (χ0) is 15.9. The van der Waals surface area contributed by atoms with E-state index in [1.54, 1.807) is 6.07 Å². The minimum absolute atomic E-state index is 0.163. The number of carboxylic acids is 1. The van der Waals surface area contributed by atoms with Gasteiger partial charge in [0, 0.05) is 5.56 Å². The quantitative estimate of drug-likeness (QED) is 0.768. The number of hydrogen-bond acceptors (Lipinski definition) is 6. The summed E-state index contributed by atoms with van der Waals surface area (Å²) < 4.78 is 5.43. The number of carbonyl (C=O) groups is 1. The minimum atomic E-state index is -1.19. The van der Waals surface area contributed by atoms with Crippen molar-refractivity contribution in [1.82, 2.24) is 9.97 Å². The second kappa shape index (κ2) is 5.27. The van der Waals surface area contributed by atoms with Crippen molar-refractivity contribution in [3.63, 3.8) is 0 Å². The molecule has 112 valence electrons. The zero-order valence-corrected chi connectivity index (χ0v) is 12.6. The van der Waals surface area contributed by atoms with E-state index in [0.717, 1.165) is 15.6 Å². The van der Waals surface area contributed by atoms with E-state index < -0.39 is 5.97 Å². The smallest absolute Gasteiger partial charge is 0.339 e. The van der Waals surface area contributed by atoms with Crippen LogP contribution in [0.15, 0.2) is 28.9 Å². The Morgan fingerprint density at radius 2 is 2.05 bits per heavy atom. The summed E-state index contributed by atoms with van der Waals surface area (Å²) in [4.78, 5) is 20.6. The molecule has 22 heavy (non-hydrogen) atoms. The Morgan fingerprint density at radius 1 is 1.27 bits per heavy atom. The lowest BCUT2D eigenvalue weighted by atomic mass is 10.1. The molecule has 0 radical (unpaired) electrons. The lowest BCUT2D eigenvalue weighted by Crippen LogP contribution is -1.96. The van der Waals surface area contributed by atoms with Crippen LogP contribution in [-0.4, -0.2) is 26.2 Å². The highest BCUT2D eigenvalue weighted by Crippen LogP contribution is 2.32. The zero-order valence-electron chi connectivity index (χ0n) is 11.8. The number of aromatic nitrogens is 2. The fraction of sp³-hybridized carbons (Fsp3) is 0.133. The predicted octanol–water partition coefficient (Wildman–Crippen LogP) is 3.49. The number of benzene rings is 1. The van der Waals surface area contributed by atoms with Crippen molar-refractivity contribution in [3.05, 3.63) is 40.7 Å². The Morgan fingerprint density at radius 3 is 2.64 bits per heavy atom. The molecule has 0 fully saturated rings. The summed E-state index contributed by atoms with van der Waals surface area (Å²) in [6.45, 7) is 3.82. The van der Waals surface area contributed by atoms with Gasteiger partial charge in [-0.1, -0.05) is 0 Å². The number of nitrogens with zero attached hydrogens (tertiary/aromatic N) is 2. The lowest BCUT2D eigenvalue weighted by molar-refractivity contribution is 0.0694. The van der Waals surface area contributed by atoms with E-state index in [0.29, 0.717) is 17.1 Å². The first-order valence-corrected chi connectivity index (χ1v) is 7.24. The monoisotopic (exact) mass is 316 g/mol. The van der Waals surface area contributed by atoms with Crippen LogP contribution in [0.2, 0.25) is 0 Å². The van der Waals surface area contributed by atoms with Crippen LogP contribution in [0.3, 0.4) is 0 Å². The summed E-state index contributed by atoms with van der Waals surface area (Å²) in [5.41, 5.74) is 1.89. The number of aryl methyl sites for hydroxylation is 2. The van der Waals surface area contributed by atoms with Crippen LogP contribution in [0, 0.1) is 13.8 Å². The number of aromatic hydroxyl groups is 1. The minimum Gasteiger partial charge on any atom is -0.507 e. The predicted molar refractivity (Wildman–Crippen MR) is 81.1 cm³/mol. The van der Waals surface area contributed by atoms with E-state index in [1.807, 2.05) is 13.8 Å². The Labute approximate surface area is 129 Å². The molecule has 3 aromatic rings. The van der Waals surface area contributed by atoms with Crippen LogP contribution in [0.5, 0.6) is 5.75 Å². The topological polar surface area (TPSA) is 96.5 Å². The molecular formula is C15H12N2O4S. The van der Waals surface area contributed by atoms with Gasteiger partial charge in [0.1, 0.15) is 23.3 Å². The average molecular weight is 316 g/mol. The SMILES string of the molecule is Cc1nc(C)c(-c2coc(-c3ccc(C(=O)O)c(O)c3)n2)s1. The molecule has 2 aromatic heterocycles. The highest BCUT2D eigenvalue weighted by atomic mass is 32.1. The van der Waals surface area contributed by atoms with Gasteiger partial charge in [-0.2, -0.15) is 0 Å². The van der Waals surface area contributed by atoms with Gasteiger partial charge in [-0.25, -0.2) is 14.8 Å². The van der Waals surface area contributed by atoms with Gasteiger partial charge in [0.15, 0.2) is 0 Å². The number of phenols is 1. The van der Waals surface area contributed by atoms with Crippen molar-refractivity contribution in [1.29, 1.82) is 0 Å². The number of thiazole rings is 1. The Kier molecular flexibility index (Phi) is 3.42. The third-order valence-electron chi connectivity index (χ3n) is 3.12. The van der Waals surface area contributed by atoms with E-state index in [2.05, 4.69) is 9.97 Å². The van der Waals surface area contributed by atoms with Crippen molar-refractivity contribution in [2.75, 3.05) is 0 Å². The van der Waals surface area contributed by atoms with Gasteiger partial charge in [-0.3, -0.25) is 0 Å². The summed E-state index contributed by atoms with van der Waals surface area (Å²) in [6, 6.07) is 4.19. The first-order chi connectivity index (χ1) is 10.5. The number of rotatable bonds is 3. The normalized spacial score (nSPS) is 10.8. The van der Waals surface area contributed by atoms with E-state index >= 15 is 0 Å². The number of oxazole rings is 1. The summed E-state index contributed by atoms with van der Waals surface area (Å²) in [6.07, 6.45) is 1.53. The molecule has 0 aliphatic rings. The van der Waals surface area contributed by atoms with Gasteiger partial charge in [-0.05, 0) is 32.0 Å². The molecule has 0 aliphatic heterocycles. The maximum absolute atomic E-state index is 10.9. The number of carboxylic acid groups (broad SMARTS) is 1. The highest BCUT2D eigenvalue weighted by molar-refractivity contribution is 7.15. The van der Waals surface area contributed by atoms with Gasteiger partial charge >= 0.3 is 5.97 Å². The Bertz CT molecular complexity index is 866. The molecule has 0 bridgehead atoms. The van der Waals surface area contributed by atoms with Gasteiger partial charge in [0.25, 0.3) is 0 Å². The van der Waals surface area contributed by atoms with E-state index in [1.165, 1.54) is 29.7 Å². The molecule has 0 saturated carbocycles. The summed E-state index contributed by atoms with van der Waals surface area (Å²) in [7, 11) is 0. The second-order valence-electron chi connectivity index (χ2n) is 4.72. The van der Waals surface area contributed by atoms with Crippen LogP contribution >= 0.6 is 11.3 Å². The van der Waals surface area contributed by atoms with Gasteiger partial charge in [-0.15, -0.1) is 11.3 Å². The maximum atomic E-state index is 10.9. The van der Waals surface area contributed by atoms with Gasteiger partial charge < -0.3 is 14.6 Å². The van der Waals surface area contributed by atoms with Crippen LogP contribution in [-0.2, 0) is 0 Å². The molecule has 6 nitrogen and oxygen atoms in total. The van der Waals surface area contributed by atoms with E-state index in [9.17, 15) is 9.90 Å². The first-order valence-electron chi connectivity index (χ1n) is 6.42. The highest BCUT2D eigenvalue weighted by Gasteiger charge is 2.16. The van der Waals surface area contributed by atoms with Crippen LogP contribution in [0.1, 0.15) is 21.1 Å². The molecule has 0 amide bonds. The first kappa shape index (κ1) is 14.3. The molecule has 7 heteroatoms. The van der Waals surface area contributed by atoms with Crippen molar-refractivity contribution in [2.24, 2.45) is 0 Å². The lowest BCUT2D eigenvalue weighted by Gasteiger charge is -2.01. The van der Waals surface area contributed by atoms with Crippen LogP contribution < -0.4 is 0 Å². The molecule has 0 unspecified atom stereocenters. The average Bonchev–Trinajstić information content (AvgIpc) is 3.04. The third-order valence-corrected chi connectivity index (χ3v) is 4.21. The van der Waals surface area contributed by atoms with Crippen molar-refractivity contribution in [2.45, 2.75) is 13.8 Å². The fourth-order valence-corrected chi connectivity index (χ4v) is 2.99. The van der Waals surface area contributed by atoms with Crippen molar-refractivity contribution in [3.8, 4) is 27.8 Å². The Balaban J connectivity index is 1.99. The number of hydrogen-bond donors (Lipinski definition) is 2. The maximum Gasteiger partial charge on any atom is 0.339 e. The molecule has 3 rings (SSSR count). The molecule has 0 saturated heterocycles. The van der Waals surface area contributed by atoms with Gasteiger partial charge in [0.2, 0.25) is 5.89 Å². The number of aromatic carboxylic acids is 1. The van der Waals surface area contributed by atoms with Gasteiger partial charge in [0.05, 0.1) is 15.6 Å². The van der Waals surface area contributed by atoms with Crippen molar-refractivity contribution >= 4 is 17.3 Å². The van der Waals surface area contributed by atoms with E-state index in [-0.39, 0.29) is 11.3 Å². The van der Waals surface area contributed by atoms with Crippen molar-refractivity contribution < 1.29 is 19.4 Å². The molecule has 0 aliphatic carbocycles. The molecule has 0 atom stereocenters. The largest absolute Gasteiger partial charge is 0.507 e. The molecule has 1 aromatic carbocycles. The second-order valence-corrected chi connectivity index (χ2v) is 5.93.